The molecule has 1 amide bonds. The summed E-state index contributed by atoms with van der Waals surface area (Å²) in [5, 5.41) is 2.76. The number of carbonyl (C=O) groups excluding carboxylic acids is 3. The summed E-state index contributed by atoms with van der Waals surface area (Å²) in [5.41, 5.74) is 4.12. The zero-order valence-electron chi connectivity index (χ0n) is 15.9. The second-order valence-corrected chi connectivity index (χ2v) is 6.33. The molecule has 0 aliphatic rings. The molecule has 0 saturated carbocycles. The molecular formula is C21H23NO5. The van der Waals surface area contributed by atoms with Crippen molar-refractivity contribution in [3.8, 4) is 0 Å². The van der Waals surface area contributed by atoms with E-state index in [1.165, 1.54) is 6.92 Å². The molecule has 1 N–H and O–H groups in total. The number of nitrogens with one attached hydrogen (secondary N) is 1. The Morgan fingerprint density at radius 2 is 1.59 bits per heavy atom. The summed E-state index contributed by atoms with van der Waals surface area (Å²) in [4.78, 5) is 35.8. The van der Waals surface area contributed by atoms with Gasteiger partial charge in [0.05, 0.1) is 0 Å². The molecule has 27 heavy (non-hydrogen) atoms. The summed E-state index contributed by atoms with van der Waals surface area (Å²) in [6, 6.07) is 12.4. The van der Waals surface area contributed by atoms with Gasteiger partial charge in [0.25, 0.3) is 5.91 Å². The number of anilines is 1. The summed E-state index contributed by atoms with van der Waals surface area (Å²) in [7, 11) is 0. The lowest BCUT2D eigenvalue weighted by Gasteiger charge is -2.17. The van der Waals surface area contributed by atoms with E-state index < -0.39 is 30.6 Å². The van der Waals surface area contributed by atoms with Crippen LogP contribution in [0.15, 0.2) is 42.5 Å². The van der Waals surface area contributed by atoms with Gasteiger partial charge in [-0.25, -0.2) is 4.79 Å². The van der Waals surface area contributed by atoms with Crippen molar-refractivity contribution < 1.29 is 23.9 Å². The van der Waals surface area contributed by atoms with Gasteiger partial charge in [0.15, 0.2) is 6.61 Å². The Balaban J connectivity index is 2.02. The van der Waals surface area contributed by atoms with Gasteiger partial charge in [-0.15, -0.1) is 0 Å². The van der Waals surface area contributed by atoms with Crippen molar-refractivity contribution in [2.75, 3.05) is 11.9 Å². The van der Waals surface area contributed by atoms with Crippen molar-refractivity contribution in [2.24, 2.45) is 0 Å². The van der Waals surface area contributed by atoms with E-state index in [1.54, 1.807) is 30.3 Å². The molecule has 0 aliphatic heterocycles. The molecule has 0 fully saturated rings. The number of hydrogen-bond acceptors (Lipinski definition) is 5. The molecule has 0 spiro atoms. The second kappa shape index (κ2) is 8.98. The van der Waals surface area contributed by atoms with Crippen LogP contribution in [0.1, 0.15) is 35.3 Å². The van der Waals surface area contributed by atoms with Gasteiger partial charge in [-0.3, -0.25) is 9.59 Å². The van der Waals surface area contributed by atoms with Crippen molar-refractivity contribution in [1.29, 1.82) is 0 Å². The molecule has 1 unspecified atom stereocenters. The number of carbonyl (C=O) groups is 3. The molecular weight excluding hydrogens is 346 g/mol. The highest BCUT2D eigenvalue weighted by atomic mass is 16.6. The fourth-order valence-electron chi connectivity index (χ4n) is 2.81. The lowest BCUT2D eigenvalue weighted by Crippen LogP contribution is -2.26. The average Bonchev–Trinajstić information content (AvgIpc) is 2.61. The Kier molecular flexibility index (Phi) is 6.71. The van der Waals surface area contributed by atoms with Crippen LogP contribution >= 0.6 is 0 Å². The summed E-state index contributed by atoms with van der Waals surface area (Å²) in [6.07, 6.45) is -1.21. The number of aryl methyl sites for hydroxylation is 3. The van der Waals surface area contributed by atoms with Crippen molar-refractivity contribution >= 4 is 23.5 Å². The van der Waals surface area contributed by atoms with E-state index in [0.717, 1.165) is 16.7 Å². The Labute approximate surface area is 158 Å². The number of esters is 2. The Morgan fingerprint density at radius 3 is 2.15 bits per heavy atom. The first kappa shape index (κ1) is 20.2. The molecule has 0 heterocycles. The third-order valence-corrected chi connectivity index (χ3v) is 3.89. The van der Waals surface area contributed by atoms with Crippen molar-refractivity contribution in [2.45, 2.75) is 33.8 Å². The molecule has 1 atom stereocenters. The summed E-state index contributed by atoms with van der Waals surface area (Å²) >= 11 is 0. The van der Waals surface area contributed by atoms with Gasteiger partial charge in [-0.1, -0.05) is 48.0 Å². The van der Waals surface area contributed by atoms with Crippen LogP contribution in [-0.4, -0.2) is 24.5 Å². The highest BCUT2D eigenvalue weighted by Crippen LogP contribution is 2.22. The van der Waals surface area contributed by atoms with Gasteiger partial charge in [0.1, 0.15) is 0 Å². The second-order valence-electron chi connectivity index (χ2n) is 6.33. The Hall–Kier alpha value is -3.15. The maximum absolute atomic E-state index is 12.3. The van der Waals surface area contributed by atoms with E-state index in [1.807, 2.05) is 32.9 Å². The minimum Gasteiger partial charge on any atom is -0.453 e. The fraction of sp³-hybridized carbons (Fsp3) is 0.286. The SMILES string of the molecule is CC(=O)OC(C(=O)OCC(=O)Nc1c(C)cc(C)cc1C)c1ccccc1. The zero-order chi connectivity index (χ0) is 20.0. The van der Waals surface area contributed by atoms with E-state index in [0.29, 0.717) is 11.3 Å². The number of benzene rings is 2. The Bertz CT molecular complexity index is 822. The van der Waals surface area contributed by atoms with Gasteiger partial charge < -0.3 is 14.8 Å². The highest BCUT2D eigenvalue weighted by molar-refractivity contribution is 5.94. The smallest absolute Gasteiger partial charge is 0.352 e. The van der Waals surface area contributed by atoms with Crippen LogP contribution in [0, 0.1) is 20.8 Å². The van der Waals surface area contributed by atoms with E-state index >= 15 is 0 Å². The fourth-order valence-corrected chi connectivity index (χ4v) is 2.81. The van der Waals surface area contributed by atoms with Gasteiger partial charge in [0, 0.05) is 18.2 Å². The van der Waals surface area contributed by atoms with E-state index in [-0.39, 0.29) is 0 Å². The molecule has 142 valence electrons. The van der Waals surface area contributed by atoms with Gasteiger partial charge in [-0.05, 0) is 31.9 Å². The number of rotatable bonds is 6. The summed E-state index contributed by atoms with van der Waals surface area (Å²) in [6.45, 7) is 6.50. The van der Waals surface area contributed by atoms with Crippen molar-refractivity contribution in [3.05, 3.63) is 64.7 Å². The number of amides is 1. The molecule has 2 rings (SSSR count). The molecule has 2 aromatic carbocycles. The highest BCUT2D eigenvalue weighted by Gasteiger charge is 2.26. The topological polar surface area (TPSA) is 81.7 Å². The first-order valence-electron chi connectivity index (χ1n) is 8.54. The average molecular weight is 369 g/mol. The van der Waals surface area contributed by atoms with E-state index in [2.05, 4.69) is 5.32 Å². The van der Waals surface area contributed by atoms with Crippen LogP contribution in [-0.2, 0) is 23.9 Å². The minimum atomic E-state index is -1.21. The molecule has 0 saturated heterocycles. The van der Waals surface area contributed by atoms with Gasteiger partial charge >= 0.3 is 11.9 Å². The first-order chi connectivity index (χ1) is 12.8. The molecule has 6 heteroatoms. The number of ether oxygens (including phenoxy) is 2. The van der Waals surface area contributed by atoms with Crippen molar-refractivity contribution in [1.82, 2.24) is 0 Å². The van der Waals surface area contributed by atoms with Crippen LogP contribution in [0.3, 0.4) is 0 Å². The zero-order valence-corrected chi connectivity index (χ0v) is 15.9. The predicted molar refractivity (Wildman–Crippen MR) is 101 cm³/mol. The maximum atomic E-state index is 12.3. The summed E-state index contributed by atoms with van der Waals surface area (Å²) in [5.74, 6) is -1.88. The normalized spacial score (nSPS) is 11.4. The van der Waals surface area contributed by atoms with Crippen molar-refractivity contribution in [3.63, 3.8) is 0 Å². The molecule has 0 aromatic heterocycles. The van der Waals surface area contributed by atoms with E-state index in [9.17, 15) is 14.4 Å². The molecule has 2 aromatic rings. The third kappa shape index (κ3) is 5.67. The largest absolute Gasteiger partial charge is 0.453 e. The van der Waals surface area contributed by atoms with Crippen LogP contribution in [0.25, 0.3) is 0 Å². The van der Waals surface area contributed by atoms with Crippen LogP contribution in [0.4, 0.5) is 5.69 Å². The first-order valence-corrected chi connectivity index (χ1v) is 8.54. The molecule has 0 radical (unpaired) electrons. The maximum Gasteiger partial charge on any atom is 0.352 e. The summed E-state index contributed by atoms with van der Waals surface area (Å²) < 4.78 is 10.1. The van der Waals surface area contributed by atoms with Gasteiger partial charge in [-0.2, -0.15) is 0 Å². The molecule has 6 nitrogen and oxygen atoms in total. The quantitative estimate of drug-likeness (QED) is 0.789. The number of hydrogen-bond donors (Lipinski definition) is 1. The standard InChI is InChI=1S/C21H23NO5/c1-13-10-14(2)19(15(3)11-13)22-18(24)12-26-21(25)20(27-16(4)23)17-8-6-5-7-9-17/h5-11,20H,12H2,1-4H3,(H,22,24). The van der Waals surface area contributed by atoms with Crippen LogP contribution < -0.4 is 5.32 Å². The van der Waals surface area contributed by atoms with Crippen LogP contribution in [0.5, 0.6) is 0 Å². The predicted octanol–water partition coefficient (Wildman–Crippen LogP) is 3.40. The van der Waals surface area contributed by atoms with Gasteiger partial charge in [0.2, 0.25) is 6.10 Å². The van der Waals surface area contributed by atoms with Crippen LogP contribution in [0.2, 0.25) is 0 Å². The lowest BCUT2D eigenvalue weighted by molar-refractivity contribution is -0.168. The molecule has 0 aliphatic carbocycles. The van der Waals surface area contributed by atoms with E-state index in [4.69, 9.17) is 9.47 Å². The Morgan fingerprint density at radius 1 is 1.00 bits per heavy atom. The molecule has 0 bridgehead atoms. The lowest BCUT2D eigenvalue weighted by atomic mass is 10.1. The minimum absolute atomic E-state index is 0.465. The third-order valence-electron chi connectivity index (χ3n) is 3.89. The monoisotopic (exact) mass is 369 g/mol.